The van der Waals surface area contributed by atoms with E-state index in [1.54, 1.807) is 0 Å². The minimum atomic E-state index is -0.268. The summed E-state index contributed by atoms with van der Waals surface area (Å²) in [6.45, 7) is 3.10. The van der Waals surface area contributed by atoms with E-state index in [0.29, 0.717) is 6.04 Å². The lowest BCUT2D eigenvalue weighted by Gasteiger charge is -2.33. The summed E-state index contributed by atoms with van der Waals surface area (Å²) in [5, 5.41) is 7.51. The lowest BCUT2D eigenvalue weighted by Crippen LogP contribution is -2.55. The van der Waals surface area contributed by atoms with E-state index < -0.39 is 0 Å². The predicted octanol–water partition coefficient (Wildman–Crippen LogP) is 2.31. The molecule has 0 aromatic rings. The highest BCUT2D eigenvalue weighted by molar-refractivity contribution is 7.99. The van der Waals surface area contributed by atoms with Crippen molar-refractivity contribution in [3.05, 3.63) is 0 Å². The number of hydrogen-bond acceptors (Lipinski definition) is 3. The first-order valence-corrected chi connectivity index (χ1v) is 8.58. The zero-order valence-electron chi connectivity index (χ0n) is 11.6. The normalized spacial score (nSPS) is 36.6. The van der Waals surface area contributed by atoms with Crippen molar-refractivity contribution in [2.24, 2.45) is 0 Å². The molecule has 1 heterocycles. The summed E-state index contributed by atoms with van der Waals surface area (Å²) >= 11 is 1.97. The molecule has 2 aliphatic rings. The van der Waals surface area contributed by atoms with Crippen molar-refractivity contribution in [2.45, 2.75) is 68.7 Å². The van der Waals surface area contributed by atoms with Crippen LogP contribution >= 0.6 is 11.8 Å². The van der Waals surface area contributed by atoms with Gasteiger partial charge in [0.2, 0.25) is 5.91 Å². The molecule has 0 radical (unpaired) electrons. The van der Waals surface area contributed by atoms with Crippen LogP contribution in [0.5, 0.6) is 0 Å². The number of carbonyl (C=O) groups is 1. The molecule has 104 valence electrons. The number of nitrogens with one attached hydrogen (secondary N) is 2. The fraction of sp³-hybridized carbons (Fsp3) is 0.929. The molecule has 1 amide bonds. The molecule has 1 atom stereocenters. The monoisotopic (exact) mass is 270 g/mol. The maximum absolute atomic E-state index is 12.4. The lowest BCUT2D eigenvalue weighted by molar-refractivity contribution is -0.128. The molecular formula is C14H26N2OS. The van der Waals surface area contributed by atoms with Crippen molar-refractivity contribution in [3.63, 3.8) is 0 Å². The van der Waals surface area contributed by atoms with Gasteiger partial charge in [-0.15, -0.1) is 0 Å². The minimum absolute atomic E-state index is 0.245. The fourth-order valence-electron chi connectivity index (χ4n) is 3.23. The second-order valence-electron chi connectivity index (χ2n) is 5.65. The smallest absolute Gasteiger partial charge is 0.240 e. The van der Waals surface area contributed by atoms with Crippen LogP contribution in [-0.2, 0) is 4.79 Å². The molecule has 1 saturated carbocycles. The van der Waals surface area contributed by atoms with Crippen LogP contribution in [0.2, 0.25) is 0 Å². The third-order valence-corrected chi connectivity index (χ3v) is 5.76. The van der Waals surface area contributed by atoms with Gasteiger partial charge in [-0.2, -0.15) is 11.8 Å². The van der Waals surface area contributed by atoms with E-state index in [9.17, 15) is 4.79 Å². The van der Waals surface area contributed by atoms with Crippen molar-refractivity contribution in [1.29, 1.82) is 0 Å². The summed E-state index contributed by atoms with van der Waals surface area (Å²) in [6, 6.07) is 0.409. The number of carbonyl (C=O) groups excluding carboxylic acids is 1. The summed E-state index contributed by atoms with van der Waals surface area (Å²) < 4.78 is 0. The summed E-state index contributed by atoms with van der Waals surface area (Å²) in [4.78, 5) is 12.4. The van der Waals surface area contributed by atoms with Crippen LogP contribution in [0.3, 0.4) is 0 Å². The average Bonchev–Trinajstić information content (AvgIpc) is 2.89. The largest absolute Gasteiger partial charge is 0.352 e. The SMILES string of the molecule is CCC1(C(=O)NC2CCC(SC)CC2)CCCN1. The van der Waals surface area contributed by atoms with Gasteiger partial charge >= 0.3 is 0 Å². The second-order valence-corrected chi connectivity index (χ2v) is 6.79. The van der Waals surface area contributed by atoms with E-state index >= 15 is 0 Å². The van der Waals surface area contributed by atoms with Crippen LogP contribution in [0, 0.1) is 0 Å². The molecule has 2 fully saturated rings. The number of thioether (sulfide) groups is 1. The molecule has 2 N–H and O–H groups in total. The van der Waals surface area contributed by atoms with Crippen molar-refractivity contribution in [2.75, 3.05) is 12.8 Å². The van der Waals surface area contributed by atoms with Gasteiger partial charge < -0.3 is 10.6 Å². The van der Waals surface area contributed by atoms with Gasteiger partial charge in [0.05, 0.1) is 5.54 Å². The van der Waals surface area contributed by atoms with Gasteiger partial charge in [-0.25, -0.2) is 0 Å². The third kappa shape index (κ3) is 3.02. The molecule has 0 aromatic heterocycles. The molecule has 0 bridgehead atoms. The zero-order chi connectivity index (χ0) is 13.0. The predicted molar refractivity (Wildman–Crippen MR) is 78.0 cm³/mol. The van der Waals surface area contributed by atoms with Crippen LogP contribution in [-0.4, -0.2) is 35.5 Å². The molecular weight excluding hydrogens is 244 g/mol. The van der Waals surface area contributed by atoms with Gasteiger partial charge in [-0.05, 0) is 57.7 Å². The number of rotatable bonds is 4. The fourth-order valence-corrected chi connectivity index (χ4v) is 3.97. The maximum atomic E-state index is 12.4. The van der Waals surface area contributed by atoms with Crippen LogP contribution in [0.15, 0.2) is 0 Å². The van der Waals surface area contributed by atoms with E-state index in [2.05, 4.69) is 23.8 Å². The standard InChI is InChI=1S/C14H26N2OS/c1-3-14(9-4-10-15-14)13(17)16-11-5-7-12(18-2)8-6-11/h11-12,15H,3-10H2,1-2H3,(H,16,17). The molecule has 2 rings (SSSR count). The quantitative estimate of drug-likeness (QED) is 0.823. The second kappa shape index (κ2) is 6.29. The number of hydrogen-bond donors (Lipinski definition) is 2. The molecule has 0 spiro atoms. The van der Waals surface area contributed by atoms with Crippen LogP contribution < -0.4 is 10.6 Å². The van der Waals surface area contributed by atoms with Gasteiger partial charge in [0.25, 0.3) is 0 Å². The Bertz CT molecular complexity index is 282. The highest BCUT2D eigenvalue weighted by atomic mass is 32.2. The lowest BCUT2D eigenvalue weighted by atomic mass is 9.90. The average molecular weight is 270 g/mol. The molecule has 1 aliphatic carbocycles. The summed E-state index contributed by atoms with van der Waals surface area (Å²) in [5.41, 5.74) is -0.268. The Hall–Kier alpha value is -0.220. The molecule has 18 heavy (non-hydrogen) atoms. The van der Waals surface area contributed by atoms with Crippen molar-refractivity contribution < 1.29 is 4.79 Å². The van der Waals surface area contributed by atoms with Gasteiger partial charge in [0.15, 0.2) is 0 Å². The Morgan fingerprint density at radius 3 is 2.61 bits per heavy atom. The molecule has 1 unspecified atom stereocenters. The Kier molecular flexibility index (Phi) is 4.96. The molecule has 1 aliphatic heterocycles. The Morgan fingerprint density at radius 2 is 2.11 bits per heavy atom. The maximum Gasteiger partial charge on any atom is 0.240 e. The van der Waals surface area contributed by atoms with Crippen molar-refractivity contribution in [3.8, 4) is 0 Å². The Morgan fingerprint density at radius 1 is 1.39 bits per heavy atom. The molecule has 3 nitrogen and oxygen atoms in total. The number of amides is 1. The van der Waals surface area contributed by atoms with Crippen molar-refractivity contribution >= 4 is 17.7 Å². The zero-order valence-corrected chi connectivity index (χ0v) is 12.4. The topological polar surface area (TPSA) is 41.1 Å². The Labute approximate surface area is 115 Å². The van der Waals surface area contributed by atoms with E-state index in [1.807, 2.05) is 11.8 Å². The van der Waals surface area contributed by atoms with E-state index in [0.717, 1.165) is 43.9 Å². The summed E-state index contributed by atoms with van der Waals surface area (Å²) in [7, 11) is 0. The Balaban J connectivity index is 1.84. The molecule has 1 saturated heterocycles. The summed E-state index contributed by atoms with van der Waals surface area (Å²) in [5.74, 6) is 0.245. The van der Waals surface area contributed by atoms with Crippen LogP contribution in [0.4, 0.5) is 0 Å². The van der Waals surface area contributed by atoms with E-state index in [1.165, 1.54) is 12.8 Å². The van der Waals surface area contributed by atoms with Crippen molar-refractivity contribution in [1.82, 2.24) is 10.6 Å². The minimum Gasteiger partial charge on any atom is -0.352 e. The van der Waals surface area contributed by atoms with Crippen LogP contribution in [0.1, 0.15) is 51.9 Å². The van der Waals surface area contributed by atoms with Crippen LogP contribution in [0.25, 0.3) is 0 Å². The first kappa shape index (κ1) is 14.2. The van der Waals surface area contributed by atoms with Gasteiger partial charge in [0, 0.05) is 11.3 Å². The highest BCUT2D eigenvalue weighted by Gasteiger charge is 2.40. The van der Waals surface area contributed by atoms with Gasteiger partial charge in [0.1, 0.15) is 0 Å². The molecule has 0 aromatic carbocycles. The van der Waals surface area contributed by atoms with E-state index in [-0.39, 0.29) is 11.4 Å². The third-order valence-electron chi connectivity index (χ3n) is 4.62. The first-order chi connectivity index (χ1) is 8.70. The first-order valence-electron chi connectivity index (χ1n) is 7.29. The van der Waals surface area contributed by atoms with Gasteiger partial charge in [-0.3, -0.25) is 4.79 Å². The molecule has 4 heteroatoms. The highest BCUT2D eigenvalue weighted by Crippen LogP contribution is 2.28. The summed E-state index contributed by atoms with van der Waals surface area (Å²) in [6.07, 6.45) is 10.0. The van der Waals surface area contributed by atoms with E-state index in [4.69, 9.17) is 0 Å². The van der Waals surface area contributed by atoms with Gasteiger partial charge in [-0.1, -0.05) is 6.92 Å².